The molecule has 78 valence electrons. The minimum absolute atomic E-state index is 0. The van der Waals surface area contributed by atoms with Crippen LogP contribution in [-0.2, 0) is 15.6 Å². The fraction of sp³-hybridized carbons (Fsp3) is 0.857. The van der Waals surface area contributed by atoms with Gasteiger partial charge in [-0.05, 0) is 6.42 Å². The first-order valence-corrected chi connectivity index (χ1v) is 5.55. The Labute approximate surface area is 86.5 Å². The lowest BCUT2D eigenvalue weighted by molar-refractivity contribution is -0.121. The molecule has 6 heteroatoms. The maximum atomic E-state index is 11.0. The minimum atomic E-state index is -0.719. The van der Waals surface area contributed by atoms with Gasteiger partial charge in [-0.1, -0.05) is 0 Å². The second-order valence-electron chi connectivity index (χ2n) is 2.90. The van der Waals surface area contributed by atoms with Crippen molar-refractivity contribution in [1.82, 2.24) is 5.32 Å². The van der Waals surface area contributed by atoms with E-state index in [1.807, 2.05) is 0 Å². The lowest BCUT2D eigenvalue weighted by Crippen LogP contribution is -2.36. The van der Waals surface area contributed by atoms with Crippen molar-refractivity contribution < 1.29 is 9.00 Å². The van der Waals surface area contributed by atoms with Crippen LogP contribution in [0.25, 0.3) is 0 Å². The SMILES string of the molecule is Cl.NCCC(=O)NC1CCS(=O)C1. The molecule has 1 fully saturated rings. The molecule has 1 heterocycles. The highest BCUT2D eigenvalue weighted by atomic mass is 35.5. The molecule has 0 spiro atoms. The molecule has 0 aliphatic carbocycles. The molecule has 0 radical (unpaired) electrons. The normalized spacial score (nSPS) is 26.5. The largest absolute Gasteiger partial charge is 0.352 e. The topological polar surface area (TPSA) is 72.2 Å². The number of halogens is 1. The molecule has 0 bridgehead atoms. The van der Waals surface area contributed by atoms with Crippen molar-refractivity contribution in [3.05, 3.63) is 0 Å². The Bertz CT molecular complexity index is 201. The zero-order valence-corrected chi connectivity index (χ0v) is 8.96. The summed E-state index contributed by atoms with van der Waals surface area (Å²) in [6, 6.07) is 0.116. The third-order valence-electron chi connectivity index (χ3n) is 1.82. The first-order valence-electron chi connectivity index (χ1n) is 4.07. The molecule has 3 N–H and O–H groups in total. The number of amides is 1. The Balaban J connectivity index is 0.00000144. The van der Waals surface area contributed by atoms with E-state index in [1.165, 1.54) is 0 Å². The van der Waals surface area contributed by atoms with Gasteiger partial charge in [0.1, 0.15) is 0 Å². The van der Waals surface area contributed by atoms with E-state index < -0.39 is 10.8 Å². The fourth-order valence-corrected chi connectivity index (χ4v) is 2.62. The molecule has 1 aliphatic rings. The molecular weight excluding hydrogens is 212 g/mol. The lowest BCUT2D eigenvalue weighted by Gasteiger charge is -2.09. The Kier molecular flexibility index (Phi) is 6.28. The van der Waals surface area contributed by atoms with Crippen LogP contribution < -0.4 is 11.1 Å². The van der Waals surface area contributed by atoms with Gasteiger partial charge in [0.2, 0.25) is 5.91 Å². The van der Waals surface area contributed by atoms with Gasteiger partial charge < -0.3 is 11.1 Å². The number of rotatable bonds is 3. The van der Waals surface area contributed by atoms with Crippen molar-refractivity contribution in [3.63, 3.8) is 0 Å². The summed E-state index contributed by atoms with van der Waals surface area (Å²) in [6.45, 7) is 0.377. The molecule has 0 aromatic heterocycles. The van der Waals surface area contributed by atoms with Crippen molar-refractivity contribution in [2.75, 3.05) is 18.1 Å². The quantitative estimate of drug-likeness (QED) is 0.675. The smallest absolute Gasteiger partial charge is 0.221 e. The lowest BCUT2D eigenvalue weighted by atomic mass is 10.2. The maximum absolute atomic E-state index is 11.0. The van der Waals surface area contributed by atoms with E-state index in [0.29, 0.717) is 24.5 Å². The predicted molar refractivity (Wildman–Crippen MR) is 55.3 cm³/mol. The van der Waals surface area contributed by atoms with Crippen molar-refractivity contribution in [3.8, 4) is 0 Å². The molecule has 1 aliphatic heterocycles. The number of nitrogens with one attached hydrogen (secondary N) is 1. The number of hydrogen-bond acceptors (Lipinski definition) is 3. The third-order valence-corrected chi connectivity index (χ3v) is 3.28. The Hall–Kier alpha value is -0.130. The fourth-order valence-electron chi connectivity index (χ4n) is 1.21. The third kappa shape index (κ3) is 4.59. The zero-order chi connectivity index (χ0) is 8.97. The summed E-state index contributed by atoms with van der Waals surface area (Å²) in [5.41, 5.74) is 5.21. The molecule has 2 atom stereocenters. The summed E-state index contributed by atoms with van der Waals surface area (Å²) < 4.78 is 10.9. The van der Waals surface area contributed by atoms with Crippen LogP contribution in [0.5, 0.6) is 0 Å². The Morgan fingerprint density at radius 2 is 2.31 bits per heavy atom. The van der Waals surface area contributed by atoms with Gasteiger partial charge in [0.05, 0.1) is 0 Å². The molecular formula is C7H15ClN2O2S. The average Bonchev–Trinajstić information content (AvgIpc) is 2.36. The highest BCUT2D eigenvalue weighted by Crippen LogP contribution is 2.06. The van der Waals surface area contributed by atoms with Crippen molar-refractivity contribution in [2.45, 2.75) is 18.9 Å². The number of carbonyl (C=O) groups excluding carboxylic acids is 1. The van der Waals surface area contributed by atoms with E-state index >= 15 is 0 Å². The molecule has 1 amide bonds. The van der Waals surface area contributed by atoms with Gasteiger partial charge in [-0.25, -0.2) is 0 Å². The molecule has 0 saturated carbocycles. The molecule has 4 nitrogen and oxygen atoms in total. The number of nitrogens with two attached hydrogens (primary N) is 1. The highest BCUT2D eigenvalue weighted by molar-refractivity contribution is 7.85. The predicted octanol–water partition coefficient (Wildman–Crippen LogP) is -0.606. The van der Waals surface area contributed by atoms with E-state index in [-0.39, 0.29) is 24.4 Å². The van der Waals surface area contributed by atoms with Crippen molar-refractivity contribution >= 4 is 29.1 Å². The standard InChI is InChI=1S/C7H14N2O2S.ClH/c8-3-1-7(10)9-6-2-4-12(11)5-6;/h6H,1-5,8H2,(H,9,10);1H. The van der Waals surface area contributed by atoms with Gasteiger partial charge >= 0.3 is 0 Å². The molecule has 1 saturated heterocycles. The summed E-state index contributed by atoms with van der Waals surface area (Å²) >= 11 is 0. The summed E-state index contributed by atoms with van der Waals surface area (Å²) in [5, 5.41) is 2.80. The molecule has 13 heavy (non-hydrogen) atoms. The second-order valence-corrected chi connectivity index (χ2v) is 4.52. The first kappa shape index (κ1) is 12.9. The zero-order valence-electron chi connectivity index (χ0n) is 7.32. The van der Waals surface area contributed by atoms with Gasteiger partial charge in [-0.2, -0.15) is 0 Å². The van der Waals surface area contributed by atoms with Crippen molar-refractivity contribution in [1.29, 1.82) is 0 Å². The monoisotopic (exact) mass is 226 g/mol. The van der Waals surface area contributed by atoms with Crippen LogP contribution in [0.3, 0.4) is 0 Å². The summed E-state index contributed by atoms with van der Waals surface area (Å²) in [7, 11) is -0.719. The second kappa shape index (κ2) is 6.34. The Morgan fingerprint density at radius 3 is 2.77 bits per heavy atom. The molecule has 2 unspecified atom stereocenters. The number of carbonyl (C=O) groups is 1. The van der Waals surface area contributed by atoms with Gasteiger partial charge in [0.15, 0.2) is 0 Å². The van der Waals surface area contributed by atoms with E-state index in [4.69, 9.17) is 5.73 Å². The number of hydrogen-bond donors (Lipinski definition) is 2. The average molecular weight is 227 g/mol. The maximum Gasteiger partial charge on any atom is 0.221 e. The first-order chi connectivity index (χ1) is 5.72. The van der Waals surface area contributed by atoms with Gasteiger partial charge in [-0.3, -0.25) is 9.00 Å². The van der Waals surface area contributed by atoms with Crippen LogP contribution >= 0.6 is 12.4 Å². The van der Waals surface area contributed by atoms with Gasteiger partial charge in [0.25, 0.3) is 0 Å². The summed E-state index contributed by atoms with van der Waals surface area (Å²) in [6.07, 6.45) is 1.20. The van der Waals surface area contributed by atoms with Crippen LogP contribution in [-0.4, -0.2) is 34.2 Å². The molecule has 0 aromatic carbocycles. The van der Waals surface area contributed by atoms with Crippen LogP contribution in [0.15, 0.2) is 0 Å². The van der Waals surface area contributed by atoms with Crippen molar-refractivity contribution in [2.24, 2.45) is 5.73 Å². The highest BCUT2D eigenvalue weighted by Gasteiger charge is 2.21. The van der Waals surface area contributed by atoms with Crippen LogP contribution in [0.4, 0.5) is 0 Å². The molecule has 1 rings (SSSR count). The van der Waals surface area contributed by atoms with Gasteiger partial charge in [0, 0.05) is 41.3 Å². The van der Waals surface area contributed by atoms with Crippen LogP contribution in [0.2, 0.25) is 0 Å². The van der Waals surface area contributed by atoms with E-state index in [1.54, 1.807) is 0 Å². The molecule has 0 aromatic rings. The Morgan fingerprint density at radius 1 is 1.62 bits per heavy atom. The van der Waals surface area contributed by atoms with E-state index in [0.717, 1.165) is 6.42 Å². The van der Waals surface area contributed by atoms with E-state index in [2.05, 4.69) is 5.32 Å². The summed E-state index contributed by atoms with van der Waals surface area (Å²) in [5.74, 6) is 1.30. The minimum Gasteiger partial charge on any atom is -0.352 e. The van der Waals surface area contributed by atoms with Crippen LogP contribution in [0.1, 0.15) is 12.8 Å². The van der Waals surface area contributed by atoms with Crippen LogP contribution in [0, 0.1) is 0 Å². The summed E-state index contributed by atoms with van der Waals surface area (Å²) in [4.78, 5) is 11.0. The van der Waals surface area contributed by atoms with E-state index in [9.17, 15) is 9.00 Å². The van der Waals surface area contributed by atoms with Gasteiger partial charge in [-0.15, -0.1) is 12.4 Å².